The number of hydrogen-bond donors (Lipinski definition) is 1. The van der Waals surface area contributed by atoms with Gasteiger partial charge in [-0.25, -0.2) is 0 Å². The van der Waals surface area contributed by atoms with Crippen LogP contribution in [0.1, 0.15) is 20.8 Å². The lowest BCUT2D eigenvalue weighted by molar-refractivity contribution is 0.0711. The van der Waals surface area contributed by atoms with Crippen molar-refractivity contribution in [2.24, 2.45) is 0 Å². The lowest BCUT2D eigenvalue weighted by Crippen LogP contribution is -2.55. The van der Waals surface area contributed by atoms with Crippen LogP contribution in [0.2, 0.25) is 0 Å². The van der Waals surface area contributed by atoms with Crippen LogP contribution in [0.3, 0.4) is 0 Å². The molecule has 1 N–H and O–H groups in total. The molecule has 0 aliphatic heterocycles. The Kier molecular flexibility index (Phi) is 8.77. The summed E-state index contributed by atoms with van der Waals surface area (Å²) in [7, 11) is -1.14. The fraction of sp³-hybridized carbons (Fsp3) is 0.889. The molecular weight excluding hydrogens is 246 g/mol. The maximum Gasteiger partial charge on any atom is 0.521 e. The molecule has 0 saturated carbocycles. The van der Waals surface area contributed by atoms with Gasteiger partial charge < -0.3 is 23.3 Å². The molecule has 0 aromatic rings. The van der Waals surface area contributed by atoms with E-state index in [0.29, 0.717) is 31.2 Å². The summed E-state index contributed by atoms with van der Waals surface area (Å²) < 4.78 is 21.7. The molecule has 0 aromatic carbocycles. The largest absolute Gasteiger partial charge is 0.521 e. The molecule has 0 aromatic heterocycles. The van der Waals surface area contributed by atoms with Gasteiger partial charge in [0, 0.05) is 19.8 Å². The Hall–Kier alpha value is -0.213. The van der Waals surface area contributed by atoms with Gasteiger partial charge in [0.1, 0.15) is 0 Å². The smallest absolute Gasteiger partial charge is 0.474 e. The van der Waals surface area contributed by atoms with Crippen molar-refractivity contribution in [3.8, 4) is 0 Å². The molecule has 5 nitrogen and oxygen atoms in total. The van der Waals surface area contributed by atoms with E-state index < -0.39 is 8.80 Å². The van der Waals surface area contributed by atoms with E-state index in [0.717, 1.165) is 0 Å². The monoisotopic (exact) mass is 267 g/mol. The first kappa shape index (κ1) is 15.8. The highest BCUT2D eigenvalue weighted by molar-refractivity contribution is 7.80. The lowest BCUT2D eigenvalue weighted by Gasteiger charge is -2.28. The third-order valence-electron chi connectivity index (χ3n) is 1.73. The van der Waals surface area contributed by atoms with Crippen molar-refractivity contribution < 1.29 is 18.0 Å². The van der Waals surface area contributed by atoms with Gasteiger partial charge in [0.05, 0.1) is 13.3 Å². The van der Waals surface area contributed by atoms with E-state index in [1.165, 1.54) is 7.11 Å². The fourth-order valence-corrected chi connectivity index (χ4v) is 3.64. The highest BCUT2D eigenvalue weighted by atomic mass is 32.1. The molecule has 0 saturated heterocycles. The third kappa shape index (κ3) is 5.76. The van der Waals surface area contributed by atoms with Crippen LogP contribution in [0.4, 0.5) is 0 Å². The zero-order chi connectivity index (χ0) is 12.4. The van der Waals surface area contributed by atoms with E-state index in [1.807, 2.05) is 20.8 Å². The fourth-order valence-electron chi connectivity index (χ4n) is 1.19. The van der Waals surface area contributed by atoms with Gasteiger partial charge in [0.2, 0.25) is 0 Å². The van der Waals surface area contributed by atoms with E-state index >= 15 is 0 Å². The van der Waals surface area contributed by atoms with Crippen molar-refractivity contribution in [3.63, 3.8) is 0 Å². The molecule has 0 rings (SSSR count). The first-order chi connectivity index (χ1) is 7.64. The molecule has 0 aliphatic carbocycles. The second kappa shape index (κ2) is 8.88. The standard InChI is InChI=1S/C9H21NO4SSi/c1-5-12-16(13-6-2,14-7-3)8-10-9(15)11-4/h5-8H2,1-4H3,(H,10,15). The Morgan fingerprint density at radius 3 is 1.81 bits per heavy atom. The maximum atomic E-state index is 5.62. The van der Waals surface area contributed by atoms with Crippen molar-refractivity contribution in [3.05, 3.63) is 0 Å². The van der Waals surface area contributed by atoms with E-state index in [1.54, 1.807) is 0 Å². The van der Waals surface area contributed by atoms with Crippen LogP contribution in [0.25, 0.3) is 0 Å². The predicted molar refractivity (Wildman–Crippen MR) is 68.2 cm³/mol. The molecule has 0 spiro atoms. The summed E-state index contributed by atoms with van der Waals surface area (Å²) in [5.74, 6) is 0. The van der Waals surface area contributed by atoms with Gasteiger partial charge in [-0.15, -0.1) is 0 Å². The van der Waals surface area contributed by atoms with Crippen LogP contribution < -0.4 is 5.32 Å². The molecule has 0 bridgehead atoms. The van der Waals surface area contributed by atoms with Crippen LogP contribution in [0.5, 0.6) is 0 Å². The van der Waals surface area contributed by atoms with Crippen LogP contribution in [0, 0.1) is 0 Å². The van der Waals surface area contributed by atoms with Crippen LogP contribution in [0.15, 0.2) is 0 Å². The summed E-state index contributed by atoms with van der Waals surface area (Å²) in [6, 6.07) is 0. The normalized spacial score (nSPS) is 11.2. The number of hydrogen-bond acceptors (Lipinski definition) is 5. The highest BCUT2D eigenvalue weighted by Gasteiger charge is 2.40. The molecule has 7 heteroatoms. The van der Waals surface area contributed by atoms with Crippen molar-refractivity contribution in [2.45, 2.75) is 20.8 Å². The summed E-state index contributed by atoms with van der Waals surface area (Å²) in [6.07, 6.45) is 0.426. The number of thiocarbonyl (C=S) groups is 1. The van der Waals surface area contributed by atoms with Crippen LogP contribution in [-0.2, 0) is 18.0 Å². The Balaban J connectivity index is 4.39. The van der Waals surface area contributed by atoms with E-state index in [9.17, 15) is 0 Å². The Morgan fingerprint density at radius 2 is 1.50 bits per heavy atom. The van der Waals surface area contributed by atoms with Crippen molar-refractivity contribution in [2.75, 3.05) is 33.1 Å². The van der Waals surface area contributed by atoms with Gasteiger partial charge in [0.25, 0.3) is 5.17 Å². The quantitative estimate of drug-likeness (QED) is 0.525. The van der Waals surface area contributed by atoms with E-state index in [2.05, 4.69) is 5.32 Å². The van der Waals surface area contributed by atoms with Crippen molar-refractivity contribution in [1.82, 2.24) is 5.32 Å². The van der Waals surface area contributed by atoms with Gasteiger partial charge in [-0.1, -0.05) is 0 Å². The first-order valence-electron chi connectivity index (χ1n) is 5.37. The maximum absolute atomic E-state index is 5.62. The summed E-state index contributed by atoms with van der Waals surface area (Å²) in [5, 5.41) is 3.24. The molecule has 16 heavy (non-hydrogen) atoms. The zero-order valence-corrected chi connectivity index (χ0v) is 12.2. The van der Waals surface area contributed by atoms with Gasteiger partial charge in [-0.05, 0) is 33.0 Å². The topological polar surface area (TPSA) is 49.0 Å². The number of rotatable bonds is 8. The van der Waals surface area contributed by atoms with E-state index in [4.69, 9.17) is 30.2 Å². The van der Waals surface area contributed by atoms with Gasteiger partial charge >= 0.3 is 8.80 Å². The second-order valence-corrected chi connectivity index (χ2v) is 5.78. The lowest BCUT2D eigenvalue weighted by atomic mass is 10.9. The summed E-state index contributed by atoms with van der Waals surface area (Å²) in [6.45, 7) is 7.38. The molecule has 0 amide bonds. The number of methoxy groups -OCH3 is 1. The highest BCUT2D eigenvalue weighted by Crippen LogP contribution is 2.08. The van der Waals surface area contributed by atoms with E-state index in [-0.39, 0.29) is 0 Å². The molecular formula is C9H21NO4SSi. The average Bonchev–Trinajstić information content (AvgIpc) is 2.27. The number of ether oxygens (including phenoxy) is 1. The molecule has 0 aliphatic rings. The minimum Gasteiger partial charge on any atom is -0.474 e. The molecule has 0 unspecified atom stereocenters. The molecule has 0 heterocycles. The number of nitrogens with one attached hydrogen (secondary N) is 1. The second-order valence-electron chi connectivity index (χ2n) is 2.83. The molecule has 0 radical (unpaired) electrons. The van der Waals surface area contributed by atoms with Crippen molar-refractivity contribution in [1.29, 1.82) is 0 Å². The third-order valence-corrected chi connectivity index (χ3v) is 4.83. The van der Waals surface area contributed by atoms with Crippen LogP contribution in [-0.4, -0.2) is 47.1 Å². The molecule has 0 atom stereocenters. The minimum absolute atomic E-state index is 0.316. The molecule has 96 valence electrons. The first-order valence-corrected chi connectivity index (χ1v) is 7.71. The minimum atomic E-state index is -2.65. The Morgan fingerprint density at radius 1 is 1.06 bits per heavy atom. The van der Waals surface area contributed by atoms with Crippen molar-refractivity contribution >= 4 is 26.2 Å². The van der Waals surface area contributed by atoms with Gasteiger partial charge in [-0.2, -0.15) is 0 Å². The molecule has 0 fully saturated rings. The Bertz CT molecular complexity index is 189. The summed E-state index contributed by atoms with van der Waals surface area (Å²) >= 11 is 4.90. The van der Waals surface area contributed by atoms with Gasteiger partial charge in [0.15, 0.2) is 0 Å². The summed E-state index contributed by atoms with van der Waals surface area (Å²) in [5.41, 5.74) is 0. The predicted octanol–water partition coefficient (Wildman–Crippen LogP) is 1.09. The summed E-state index contributed by atoms with van der Waals surface area (Å²) in [4.78, 5) is 0. The average molecular weight is 267 g/mol. The zero-order valence-electron chi connectivity index (χ0n) is 10.4. The van der Waals surface area contributed by atoms with Crippen LogP contribution >= 0.6 is 12.2 Å². The van der Waals surface area contributed by atoms with Gasteiger partial charge in [-0.3, -0.25) is 0 Å². The SMILES string of the molecule is CCO[Si](CNC(=S)OC)(OCC)OCC. The Labute approximate surface area is 104 Å².